The number of fused-ring (bicyclic) bond motifs is 2. The number of rotatable bonds is 3. The summed E-state index contributed by atoms with van der Waals surface area (Å²) < 4.78 is 81.3. The van der Waals surface area contributed by atoms with Crippen molar-refractivity contribution < 1.29 is 41.0 Å². The molecule has 2 aromatic heterocycles. The van der Waals surface area contributed by atoms with Crippen molar-refractivity contribution in [3.8, 4) is 0 Å². The van der Waals surface area contributed by atoms with Crippen LogP contribution in [0.3, 0.4) is 0 Å². The number of carbonyl (C=O) groups is 2. The number of likely N-dealkylation sites (N-methyl/N-ethyl adjacent to an activating group) is 1. The van der Waals surface area contributed by atoms with Crippen LogP contribution in [0, 0.1) is 11.6 Å². The number of alkyl halides is 3. The molecule has 5 rings (SSSR count). The topological polar surface area (TPSA) is 72.0 Å². The van der Waals surface area contributed by atoms with Gasteiger partial charge in [0.1, 0.15) is 34.4 Å². The molecule has 196 valence electrons. The number of ether oxygens (including phenoxy) is 2. The van der Waals surface area contributed by atoms with Gasteiger partial charge in [0.2, 0.25) is 0 Å². The van der Waals surface area contributed by atoms with Crippen LogP contribution in [0.2, 0.25) is 5.02 Å². The van der Waals surface area contributed by atoms with Gasteiger partial charge in [0.15, 0.2) is 11.9 Å². The molecule has 4 heterocycles. The van der Waals surface area contributed by atoms with E-state index in [2.05, 4.69) is 4.98 Å². The third-order valence-electron chi connectivity index (χ3n) is 6.11. The van der Waals surface area contributed by atoms with Crippen LogP contribution >= 0.6 is 22.9 Å². The van der Waals surface area contributed by atoms with Gasteiger partial charge in [0.25, 0.3) is 11.8 Å². The number of pyridine rings is 1. The first-order chi connectivity index (χ1) is 17.2. The molecular formula is C23H17ClF5N3O4S. The van der Waals surface area contributed by atoms with Crippen molar-refractivity contribution in [1.82, 2.24) is 4.98 Å². The summed E-state index contributed by atoms with van der Waals surface area (Å²) in [6.45, 7) is 3.01. The van der Waals surface area contributed by atoms with Gasteiger partial charge < -0.3 is 14.4 Å². The lowest BCUT2D eigenvalue weighted by molar-refractivity contribution is -0.161. The lowest BCUT2D eigenvalue weighted by Crippen LogP contribution is -2.51. The smallest absolute Gasteiger partial charge is 0.341 e. The van der Waals surface area contributed by atoms with Crippen LogP contribution < -0.4 is 9.80 Å². The number of halogens is 6. The van der Waals surface area contributed by atoms with Crippen molar-refractivity contribution in [3.63, 3.8) is 0 Å². The van der Waals surface area contributed by atoms with Crippen LogP contribution in [0.5, 0.6) is 0 Å². The zero-order chi connectivity index (χ0) is 27.0. The van der Waals surface area contributed by atoms with Crippen molar-refractivity contribution in [2.45, 2.75) is 44.1 Å². The van der Waals surface area contributed by atoms with Crippen molar-refractivity contribution in [3.05, 3.63) is 51.9 Å². The SMILES string of the molecule is CN(C(=O)[C@@H]1[C@@H]2OC(C)(C)O[C@@H]2C(=O)N1c1cc(C(F)(F)F)c2ccsc2n1)c1cc(Cl)c(F)cc1F. The number of anilines is 2. The number of nitrogens with zero attached hydrogens (tertiary/aromatic N) is 3. The lowest BCUT2D eigenvalue weighted by Gasteiger charge is -2.31. The largest absolute Gasteiger partial charge is 0.417 e. The van der Waals surface area contributed by atoms with Gasteiger partial charge >= 0.3 is 6.18 Å². The van der Waals surface area contributed by atoms with Gasteiger partial charge in [0.05, 0.1) is 16.3 Å². The van der Waals surface area contributed by atoms with Gasteiger partial charge in [0, 0.05) is 18.5 Å². The summed E-state index contributed by atoms with van der Waals surface area (Å²) in [6.07, 6.45) is -7.38. The van der Waals surface area contributed by atoms with E-state index in [4.69, 9.17) is 21.1 Å². The van der Waals surface area contributed by atoms with E-state index in [9.17, 15) is 31.5 Å². The predicted octanol–water partition coefficient (Wildman–Crippen LogP) is 5.15. The molecule has 2 fully saturated rings. The number of thiophene rings is 1. The van der Waals surface area contributed by atoms with Crippen LogP contribution in [-0.4, -0.2) is 47.9 Å². The van der Waals surface area contributed by atoms with Crippen LogP contribution in [0.25, 0.3) is 10.2 Å². The Morgan fingerprint density at radius 3 is 2.57 bits per heavy atom. The number of carbonyl (C=O) groups excluding carboxylic acids is 2. The van der Waals surface area contributed by atoms with E-state index < -0.39 is 75.8 Å². The summed E-state index contributed by atoms with van der Waals surface area (Å²) in [5.41, 5.74) is -1.46. The van der Waals surface area contributed by atoms with E-state index in [0.29, 0.717) is 12.1 Å². The molecule has 0 N–H and O–H groups in total. The highest BCUT2D eigenvalue weighted by atomic mass is 35.5. The van der Waals surface area contributed by atoms with Crippen molar-refractivity contribution in [1.29, 1.82) is 0 Å². The number of amides is 2. The Kier molecular flexibility index (Phi) is 5.98. The van der Waals surface area contributed by atoms with Gasteiger partial charge in [-0.15, -0.1) is 11.3 Å². The molecule has 1 aromatic carbocycles. The zero-order valence-corrected chi connectivity index (χ0v) is 20.8. The van der Waals surface area contributed by atoms with E-state index in [0.717, 1.165) is 34.3 Å². The summed E-state index contributed by atoms with van der Waals surface area (Å²) in [4.78, 5) is 32.9. The van der Waals surface area contributed by atoms with E-state index >= 15 is 0 Å². The Hall–Kier alpha value is -2.87. The number of hydrogen-bond acceptors (Lipinski definition) is 6. The molecule has 0 unspecified atom stereocenters. The Balaban J connectivity index is 1.64. The third kappa shape index (κ3) is 4.23. The highest BCUT2D eigenvalue weighted by Crippen LogP contribution is 2.43. The summed E-state index contributed by atoms with van der Waals surface area (Å²) in [5.74, 6) is -5.70. The summed E-state index contributed by atoms with van der Waals surface area (Å²) in [5, 5.41) is 0.794. The molecule has 2 aliphatic heterocycles. The monoisotopic (exact) mass is 561 g/mol. The molecule has 37 heavy (non-hydrogen) atoms. The summed E-state index contributed by atoms with van der Waals surface area (Å²) in [6, 6.07) is 1.72. The van der Waals surface area contributed by atoms with Crippen LogP contribution in [0.15, 0.2) is 29.6 Å². The molecule has 0 spiro atoms. The molecule has 3 aromatic rings. The van der Waals surface area contributed by atoms with E-state index in [1.54, 1.807) is 0 Å². The van der Waals surface area contributed by atoms with E-state index in [-0.39, 0.29) is 10.2 Å². The minimum atomic E-state index is -4.78. The fourth-order valence-electron chi connectivity index (χ4n) is 4.52. The van der Waals surface area contributed by atoms with E-state index in [1.807, 2.05) is 0 Å². The first kappa shape index (κ1) is 25.8. The molecular weight excluding hydrogens is 545 g/mol. The molecule has 0 aliphatic carbocycles. The van der Waals surface area contributed by atoms with Crippen LogP contribution in [0.4, 0.5) is 33.5 Å². The predicted molar refractivity (Wildman–Crippen MR) is 124 cm³/mol. The van der Waals surface area contributed by atoms with Crippen molar-refractivity contribution in [2.75, 3.05) is 16.8 Å². The summed E-state index contributed by atoms with van der Waals surface area (Å²) in [7, 11) is 1.16. The molecule has 3 atom stereocenters. The van der Waals surface area contributed by atoms with Crippen LogP contribution in [-0.2, 0) is 25.2 Å². The Bertz CT molecular complexity index is 1450. The van der Waals surface area contributed by atoms with Crippen molar-refractivity contribution in [2.24, 2.45) is 0 Å². The maximum absolute atomic E-state index is 14.6. The molecule has 2 aliphatic rings. The average Bonchev–Trinajstić information content (AvgIpc) is 3.46. The maximum atomic E-state index is 14.6. The molecule has 0 radical (unpaired) electrons. The van der Waals surface area contributed by atoms with Gasteiger partial charge in [-0.25, -0.2) is 13.8 Å². The van der Waals surface area contributed by atoms with Gasteiger partial charge in [-0.3, -0.25) is 14.5 Å². The summed E-state index contributed by atoms with van der Waals surface area (Å²) >= 11 is 6.69. The molecule has 2 amide bonds. The second kappa shape index (κ2) is 8.58. The highest BCUT2D eigenvalue weighted by Gasteiger charge is 2.61. The zero-order valence-electron chi connectivity index (χ0n) is 19.3. The number of benzene rings is 1. The Morgan fingerprint density at radius 2 is 1.89 bits per heavy atom. The maximum Gasteiger partial charge on any atom is 0.417 e. The first-order valence-electron chi connectivity index (χ1n) is 10.8. The Morgan fingerprint density at radius 1 is 1.19 bits per heavy atom. The molecule has 14 heteroatoms. The van der Waals surface area contributed by atoms with Crippen LogP contribution in [0.1, 0.15) is 19.4 Å². The second-order valence-electron chi connectivity index (χ2n) is 8.95. The molecule has 2 saturated heterocycles. The fourth-order valence-corrected chi connectivity index (χ4v) is 5.46. The highest BCUT2D eigenvalue weighted by molar-refractivity contribution is 7.16. The molecule has 0 saturated carbocycles. The van der Waals surface area contributed by atoms with E-state index in [1.165, 1.54) is 25.3 Å². The second-order valence-corrected chi connectivity index (χ2v) is 10.3. The Labute approximate surface area is 215 Å². The minimum absolute atomic E-state index is 0.00670. The van der Waals surface area contributed by atoms with Gasteiger partial charge in [-0.05, 0) is 37.4 Å². The van der Waals surface area contributed by atoms with Gasteiger partial charge in [-0.1, -0.05) is 11.6 Å². The lowest BCUT2D eigenvalue weighted by atomic mass is 10.1. The third-order valence-corrected chi connectivity index (χ3v) is 7.21. The molecule has 0 bridgehead atoms. The normalized spacial score (nSPS) is 23.1. The first-order valence-corrected chi connectivity index (χ1v) is 12.0. The fraction of sp³-hybridized carbons (Fsp3) is 0.348. The van der Waals surface area contributed by atoms with Crippen molar-refractivity contribution >= 4 is 56.5 Å². The average molecular weight is 562 g/mol. The number of hydrogen-bond donors (Lipinski definition) is 0. The molecule has 7 nitrogen and oxygen atoms in total. The minimum Gasteiger partial charge on any atom is -0.341 e. The standard InChI is InChI=1S/C23H17ClF5N3O4S/c1-22(2)35-17-16(20(33)31(3)14-7-11(24)12(25)8-13(14)26)32(21(34)18(17)36-22)15-6-10(23(27,28)29)9-4-5-37-19(9)30-15/h4-8,16-18H,1-3H3/t16-,17-,18-/m0/s1. The van der Waals surface area contributed by atoms with Gasteiger partial charge in [-0.2, -0.15) is 13.2 Å². The quantitative estimate of drug-likeness (QED) is 0.327. The number of aromatic nitrogens is 1.